The van der Waals surface area contributed by atoms with Crippen LogP contribution in [0.25, 0.3) is 0 Å². The van der Waals surface area contributed by atoms with Crippen LogP contribution in [0.15, 0.2) is 36.5 Å². The molecule has 82 valence electrons. The van der Waals surface area contributed by atoms with E-state index in [4.69, 9.17) is 4.74 Å². The molecule has 0 saturated heterocycles. The second kappa shape index (κ2) is 5.39. The highest BCUT2D eigenvalue weighted by Gasteiger charge is 2.20. The molecule has 0 spiro atoms. The van der Waals surface area contributed by atoms with Crippen molar-refractivity contribution < 1.29 is 9.53 Å². The van der Waals surface area contributed by atoms with Gasteiger partial charge in [-0.3, -0.25) is 0 Å². The van der Waals surface area contributed by atoms with Crippen LogP contribution >= 0.6 is 0 Å². The van der Waals surface area contributed by atoms with Gasteiger partial charge in [0, 0.05) is 13.1 Å². The Hall–Kier alpha value is -1.51. The zero-order valence-corrected chi connectivity index (χ0v) is 9.16. The first-order valence-corrected chi connectivity index (χ1v) is 5.11. The first kappa shape index (κ1) is 11.6. The van der Waals surface area contributed by atoms with Crippen LogP contribution in [0.2, 0.25) is 0 Å². The minimum atomic E-state index is -0.250. The molecule has 0 unspecified atom stereocenters. The van der Waals surface area contributed by atoms with Crippen LogP contribution in [0.3, 0.4) is 0 Å². The molecule has 0 aromatic carbocycles. The number of carbonyl (C=O) groups is 1. The predicted molar refractivity (Wildman–Crippen MR) is 60.6 cm³/mol. The molecule has 0 saturated carbocycles. The van der Waals surface area contributed by atoms with Crippen molar-refractivity contribution in [1.82, 2.24) is 4.90 Å². The fourth-order valence-corrected chi connectivity index (χ4v) is 1.60. The monoisotopic (exact) mass is 207 g/mol. The summed E-state index contributed by atoms with van der Waals surface area (Å²) in [6.07, 6.45) is 4.19. The zero-order chi connectivity index (χ0) is 11.3. The van der Waals surface area contributed by atoms with Crippen LogP contribution < -0.4 is 0 Å². The summed E-state index contributed by atoms with van der Waals surface area (Å²) in [6.45, 7) is 11.0. The normalized spacial score (nSPS) is 16.2. The predicted octanol–water partition coefficient (Wildman–Crippen LogP) is 2.52. The van der Waals surface area contributed by atoms with Crippen molar-refractivity contribution in [2.45, 2.75) is 13.3 Å². The molecule has 1 aliphatic rings. The second-order valence-electron chi connectivity index (χ2n) is 3.33. The number of amides is 1. The van der Waals surface area contributed by atoms with E-state index in [9.17, 15) is 4.79 Å². The summed E-state index contributed by atoms with van der Waals surface area (Å²) in [5.41, 5.74) is 2.23. The van der Waals surface area contributed by atoms with E-state index in [1.54, 1.807) is 17.9 Å². The quantitative estimate of drug-likeness (QED) is 0.711. The van der Waals surface area contributed by atoms with E-state index in [0.29, 0.717) is 19.7 Å². The SMILES string of the molecule is C=CC1=C(C=C)CN(C(=O)OCC)CC1. The lowest BCUT2D eigenvalue weighted by atomic mass is 10.0. The van der Waals surface area contributed by atoms with Gasteiger partial charge in [0.25, 0.3) is 0 Å². The lowest BCUT2D eigenvalue weighted by Crippen LogP contribution is -2.37. The third-order valence-electron chi connectivity index (χ3n) is 2.44. The van der Waals surface area contributed by atoms with E-state index >= 15 is 0 Å². The molecule has 1 rings (SSSR count). The number of carbonyl (C=O) groups excluding carboxylic acids is 1. The Kier molecular flexibility index (Phi) is 4.16. The molecule has 15 heavy (non-hydrogen) atoms. The summed E-state index contributed by atoms with van der Waals surface area (Å²) >= 11 is 0. The minimum absolute atomic E-state index is 0.250. The maximum Gasteiger partial charge on any atom is 0.410 e. The topological polar surface area (TPSA) is 29.5 Å². The van der Waals surface area contributed by atoms with Crippen LogP contribution in [-0.2, 0) is 4.74 Å². The molecule has 0 atom stereocenters. The smallest absolute Gasteiger partial charge is 0.410 e. The molecule has 1 aliphatic heterocycles. The lowest BCUT2D eigenvalue weighted by Gasteiger charge is -2.28. The summed E-state index contributed by atoms with van der Waals surface area (Å²) in [7, 11) is 0. The molecule has 0 radical (unpaired) electrons. The van der Waals surface area contributed by atoms with Crippen molar-refractivity contribution in [2.75, 3.05) is 19.7 Å². The molecular formula is C12H17NO2. The Balaban J connectivity index is 2.71. The van der Waals surface area contributed by atoms with E-state index in [-0.39, 0.29) is 6.09 Å². The van der Waals surface area contributed by atoms with Crippen molar-refractivity contribution in [2.24, 2.45) is 0 Å². The maximum absolute atomic E-state index is 11.5. The summed E-state index contributed by atoms with van der Waals surface area (Å²) in [5, 5.41) is 0. The zero-order valence-electron chi connectivity index (χ0n) is 9.16. The Morgan fingerprint density at radius 3 is 2.67 bits per heavy atom. The van der Waals surface area contributed by atoms with E-state index in [1.807, 2.05) is 6.08 Å². The average molecular weight is 207 g/mol. The first-order valence-electron chi connectivity index (χ1n) is 5.11. The van der Waals surface area contributed by atoms with E-state index in [1.165, 1.54) is 5.57 Å². The van der Waals surface area contributed by atoms with Crippen LogP contribution in [0.1, 0.15) is 13.3 Å². The van der Waals surface area contributed by atoms with Gasteiger partial charge in [-0.05, 0) is 24.5 Å². The standard InChI is InChI=1S/C12H17NO2/c1-4-10-7-8-13(9-11(10)5-2)12(14)15-6-3/h4-5H,1-2,6-9H2,3H3. The molecular weight excluding hydrogens is 190 g/mol. The third kappa shape index (κ3) is 2.72. The van der Waals surface area contributed by atoms with Gasteiger partial charge >= 0.3 is 6.09 Å². The molecule has 0 aromatic heterocycles. The minimum Gasteiger partial charge on any atom is -0.450 e. The molecule has 0 N–H and O–H groups in total. The molecule has 0 aromatic rings. The first-order chi connectivity index (χ1) is 7.22. The fraction of sp³-hybridized carbons (Fsp3) is 0.417. The van der Waals surface area contributed by atoms with Gasteiger partial charge in [0.15, 0.2) is 0 Å². The highest BCUT2D eigenvalue weighted by molar-refractivity contribution is 5.68. The van der Waals surface area contributed by atoms with Crippen molar-refractivity contribution in [1.29, 1.82) is 0 Å². The van der Waals surface area contributed by atoms with Gasteiger partial charge in [-0.25, -0.2) is 4.79 Å². The average Bonchev–Trinajstić information content (AvgIpc) is 2.28. The van der Waals surface area contributed by atoms with Crippen LogP contribution in [-0.4, -0.2) is 30.7 Å². The van der Waals surface area contributed by atoms with Crippen molar-refractivity contribution in [3.63, 3.8) is 0 Å². The molecule has 0 aliphatic carbocycles. The van der Waals surface area contributed by atoms with E-state index in [2.05, 4.69) is 13.2 Å². The Morgan fingerprint density at radius 2 is 2.13 bits per heavy atom. The molecule has 1 amide bonds. The summed E-state index contributed by atoms with van der Waals surface area (Å²) < 4.78 is 4.95. The Bertz CT molecular complexity index is 305. The molecule has 1 heterocycles. The third-order valence-corrected chi connectivity index (χ3v) is 2.44. The van der Waals surface area contributed by atoms with Gasteiger partial charge in [-0.2, -0.15) is 0 Å². The van der Waals surface area contributed by atoms with Gasteiger partial charge in [0.2, 0.25) is 0 Å². The molecule has 3 nitrogen and oxygen atoms in total. The van der Waals surface area contributed by atoms with Crippen molar-refractivity contribution in [3.8, 4) is 0 Å². The van der Waals surface area contributed by atoms with Crippen molar-refractivity contribution >= 4 is 6.09 Å². The summed E-state index contributed by atoms with van der Waals surface area (Å²) in [4.78, 5) is 13.2. The lowest BCUT2D eigenvalue weighted by molar-refractivity contribution is 0.109. The number of hydrogen-bond donors (Lipinski definition) is 0. The van der Waals surface area contributed by atoms with Crippen LogP contribution in [0.4, 0.5) is 4.79 Å². The molecule has 0 bridgehead atoms. The number of ether oxygens (including phenoxy) is 1. The van der Waals surface area contributed by atoms with E-state index < -0.39 is 0 Å². The van der Waals surface area contributed by atoms with Gasteiger partial charge in [-0.15, -0.1) is 0 Å². The Labute approximate surface area is 90.7 Å². The maximum atomic E-state index is 11.5. The van der Waals surface area contributed by atoms with Crippen LogP contribution in [0, 0.1) is 0 Å². The summed E-state index contributed by atoms with van der Waals surface area (Å²) in [5.74, 6) is 0. The van der Waals surface area contributed by atoms with Gasteiger partial charge in [-0.1, -0.05) is 25.3 Å². The number of rotatable bonds is 3. The largest absolute Gasteiger partial charge is 0.450 e. The van der Waals surface area contributed by atoms with E-state index in [0.717, 1.165) is 12.0 Å². The second-order valence-corrected chi connectivity index (χ2v) is 3.33. The highest BCUT2D eigenvalue weighted by Crippen LogP contribution is 2.19. The number of hydrogen-bond acceptors (Lipinski definition) is 2. The number of allylic oxidation sites excluding steroid dienone is 1. The molecule has 3 heteroatoms. The fourth-order valence-electron chi connectivity index (χ4n) is 1.60. The Morgan fingerprint density at radius 1 is 1.47 bits per heavy atom. The highest BCUT2D eigenvalue weighted by atomic mass is 16.6. The number of nitrogens with zero attached hydrogens (tertiary/aromatic N) is 1. The van der Waals surface area contributed by atoms with Crippen molar-refractivity contribution in [3.05, 3.63) is 36.5 Å². The van der Waals surface area contributed by atoms with Gasteiger partial charge in [0.05, 0.1) is 6.61 Å². The van der Waals surface area contributed by atoms with Gasteiger partial charge in [0.1, 0.15) is 0 Å². The van der Waals surface area contributed by atoms with Crippen LogP contribution in [0.5, 0.6) is 0 Å². The molecule has 0 fully saturated rings. The summed E-state index contributed by atoms with van der Waals surface area (Å²) in [6, 6.07) is 0. The van der Waals surface area contributed by atoms with Gasteiger partial charge < -0.3 is 9.64 Å².